The lowest BCUT2D eigenvalue weighted by Gasteiger charge is -2.34. The van der Waals surface area contributed by atoms with Crippen LogP contribution < -0.4 is 9.80 Å². The highest BCUT2D eigenvalue weighted by atomic mass is 16.1. The average Bonchev–Trinajstić information content (AvgIpc) is 3.15. The monoisotopic (exact) mass is 399 g/mol. The van der Waals surface area contributed by atoms with Gasteiger partial charge in [-0.2, -0.15) is 4.98 Å². The second-order valence-corrected chi connectivity index (χ2v) is 7.96. The van der Waals surface area contributed by atoms with Crippen molar-refractivity contribution in [1.29, 1.82) is 0 Å². The molecule has 0 radical (unpaired) electrons. The highest BCUT2D eigenvalue weighted by molar-refractivity contribution is 5.71. The normalized spacial score (nSPS) is 18.4. The minimum atomic E-state index is 0.299. The van der Waals surface area contributed by atoms with Crippen LogP contribution in [0, 0.1) is 0 Å². The van der Waals surface area contributed by atoms with E-state index >= 15 is 0 Å². The van der Waals surface area contributed by atoms with Crippen molar-refractivity contribution in [1.82, 2.24) is 14.9 Å². The van der Waals surface area contributed by atoms with Gasteiger partial charge in [-0.15, -0.1) is 0 Å². The van der Waals surface area contributed by atoms with E-state index < -0.39 is 0 Å². The highest BCUT2D eigenvalue weighted by Crippen LogP contribution is 2.38. The second-order valence-electron chi connectivity index (χ2n) is 7.96. The Morgan fingerprint density at radius 1 is 0.933 bits per heavy atom. The van der Waals surface area contributed by atoms with Crippen LogP contribution in [0.2, 0.25) is 0 Å². The molecule has 2 aliphatic rings. The molecule has 3 aromatic rings. The van der Waals surface area contributed by atoms with Gasteiger partial charge >= 0.3 is 0 Å². The summed E-state index contributed by atoms with van der Waals surface area (Å²) in [6.45, 7) is 5.20. The lowest BCUT2D eigenvalue weighted by molar-refractivity contribution is -0.118. The van der Waals surface area contributed by atoms with E-state index in [4.69, 9.17) is 9.97 Å². The number of carbonyl (C=O) groups is 1. The fourth-order valence-corrected chi connectivity index (χ4v) is 4.38. The molecule has 30 heavy (non-hydrogen) atoms. The highest BCUT2D eigenvalue weighted by Gasteiger charge is 2.30. The summed E-state index contributed by atoms with van der Waals surface area (Å²) in [4.78, 5) is 27.4. The van der Waals surface area contributed by atoms with Crippen molar-refractivity contribution in [3.63, 3.8) is 0 Å². The zero-order valence-electron chi connectivity index (χ0n) is 17.1. The first-order valence-electron chi connectivity index (χ1n) is 10.5. The van der Waals surface area contributed by atoms with Gasteiger partial charge < -0.3 is 14.7 Å². The van der Waals surface area contributed by atoms with Crippen LogP contribution >= 0.6 is 0 Å². The third-order valence-corrected chi connectivity index (χ3v) is 5.98. The zero-order chi connectivity index (χ0) is 20.5. The topological polar surface area (TPSA) is 52.6 Å². The Hall–Kier alpha value is -3.41. The van der Waals surface area contributed by atoms with Crippen molar-refractivity contribution in [3.8, 4) is 11.3 Å². The predicted molar refractivity (Wildman–Crippen MR) is 119 cm³/mol. The van der Waals surface area contributed by atoms with Gasteiger partial charge in [-0.3, -0.25) is 4.79 Å². The molecule has 152 valence electrons. The van der Waals surface area contributed by atoms with E-state index in [0.717, 1.165) is 48.9 Å². The number of rotatable bonds is 4. The fourth-order valence-electron chi connectivity index (χ4n) is 4.38. The van der Waals surface area contributed by atoms with Gasteiger partial charge in [0.15, 0.2) is 0 Å². The molecule has 0 N–H and O–H groups in total. The standard InChI is InChI=1S/C24H25N5O/c1-18-15-20-9-5-6-10-22(20)29(18)24-25-21(19-7-3-2-4-8-19)16-23(26-24)28-13-11-27(17-30)12-14-28/h2-10,16-18H,11-15H2,1H3. The third kappa shape index (κ3) is 3.38. The van der Waals surface area contributed by atoms with Gasteiger partial charge in [0, 0.05) is 49.5 Å². The number of nitrogens with zero attached hydrogens (tertiary/aromatic N) is 5. The van der Waals surface area contributed by atoms with Crippen LogP contribution in [0.3, 0.4) is 0 Å². The summed E-state index contributed by atoms with van der Waals surface area (Å²) in [7, 11) is 0. The molecule has 1 amide bonds. The number of carbonyl (C=O) groups excluding carboxylic acids is 1. The van der Waals surface area contributed by atoms with Gasteiger partial charge in [0.25, 0.3) is 0 Å². The van der Waals surface area contributed by atoms with Crippen LogP contribution in [0.4, 0.5) is 17.5 Å². The van der Waals surface area contributed by atoms with Crippen LogP contribution in [0.25, 0.3) is 11.3 Å². The Morgan fingerprint density at radius 3 is 2.43 bits per heavy atom. The molecule has 2 aliphatic heterocycles. The third-order valence-electron chi connectivity index (χ3n) is 5.98. The Kier molecular flexibility index (Phi) is 4.83. The largest absolute Gasteiger partial charge is 0.353 e. The molecule has 0 spiro atoms. The Balaban J connectivity index is 1.58. The van der Waals surface area contributed by atoms with Gasteiger partial charge in [-0.05, 0) is 25.0 Å². The number of amides is 1. The summed E-state index contributed by atoms with van der Waals surface area (Å²) < 4.78 is 0. The van der Waals surface area contributed by atoms with E-state index in [9.17, 15) is 4.79 Å². The number of piperazine rings is 1. The van der Waals surface area contributed by atoms with Crippen molar-refractivity contribution >= 4 is 23.9 Å². The molecule has 0 saturated carbocycles. The number of para-hydroxylation sites is 1. The number of hydrogen-bond donors (Lipinski definition) is 0. The van der Waals surface area contributed by atoms with Crippen LogP contribution in [0.5, 0.6) is 0 Å². The maximum atomic E-state index is 11.1. The van der Waals surface area contributed by atoms with E-state index in [1.165, 1.54) is 11.3 Å². The SMILES string of the molecule is CC1Cc2ccccc2N1c1nc(-c2ccccc2)cc(N2CCN(C=O)CC2)n1. The molecule has 5 rings (SSSR count). The van der Waals surface area contributed by atoms with Crippen molar-refractivity contribution in [2.75, 3.05) is 36.0 Å². The van der Waals surface area contributed by atoms with Crippen LogP contribution in [-0.4, -0.2) is 53.5 Å². The van der Waals surface area contributed by atoms with E-state index in [2.05, 4.69) is 59.2 Å². The van der Waals surface area contributed by atoms with Crippen LogP contribution in [0.1, 0.15) is 12.5 Å². The van der Waals surface area contributed by atoms with Crippen LogP contribution in [-0.2, 0) is 11.2 Å². The van der Waals surface area contributed by atoms with Gasteiger partial charge in [-0.25, -0.2) is 4.98 Å². The average molecular weight is 399 g/mol. The number of aromatic nitrogens is 2. The molecule has 2 aromatic carbocycles. The van der Waals surface area contributed by atoms with Gasteiger partial charge in [0.1, 0.15) is 5.82 Å². The minimum Gasteiger partial charge on any atom is -0.353 e. The lowest BCUT2D eigenvalue weighted by Crippen LogP contribution is -2.46. The maximum Gasteiger partial charge on any atom is 0.232 e. The Bertz CT molecular complexity index is 1050. The summed E-state index contributed by atoms with van der Waals surface area (Å²) in [5.74, 6) is 1.66. The molecule has 1 atom stereocenters. The van der Waals surface area contributed by atoms with Gasteiger partial charge in [0.2, 0.25) is 12.4 Å². The van der Waals surface area contributed by atoms with Crippen molar-refractivity contribution in [2.24, 2.45) is 0 Å². The molecule has 6 heteroatoms. The number of benzene rings is 2. The molecule has 1 saturated heterocycles. The van der Waals surface area contributed by atoms with E-state index in [0.29, 0.717) is 19.1 Å². The molecule has 1 fully saturated rings. The summed E-state index contributed by atoms with van der Waals surface area (Å²) >= 11 is 0. The smallest absolute Gasteiger partial charge is 0.232 e. The summed E-state index contributed by atoms with van der Waals surface area (Å²) in [5.41, 5.74) is 4.52. The molecule has 6 nitrogen and oxygen atoms in total. The minimum absolute atomic E-state index is 0.299. The zero-order valence-corrected chi connectivity index (χ0v) is 17.1. The Morgan fingerprint density at radius 2 is 1.67 bits per heavy atom. The summed E-state index contributed by atoms with van der Waals surface area (Å²) in [5, 5.41) is 0. The molecule has 3 heterocycles. The van der Waals surface area contributed by atoms with E-state index in [-0.39, 0.29) is 0 Å². The molecule has 0 bridgehead atoms. The number of anilines is 3. The van der Waals surface area contributed by atoms with E-state index in [1.807, 2.05) is 23.1 Å². The molecular weight excluding hydrogens is 374 g/mol. The summed E-state index contributed by atoms with van der Waals surface area (Å²) in [6.07, 6.45) is 1.92. The van der Waals surface area contributed by atoms with Gasteiger partial charge in [-0.1, -0.05) is 48.5 Å². The molecular formula is C24H25N5O. The molecule has 0 aliphatic carbocycles. The van der Waals surface area contributed by atoms with Crippen molar-refractivity contribution in [3.05, 3.63) is 66.2 Å². The van der Waals surface area contributed by atoms with Crippen molar-refractivity contribution < 1.29 is 4.79 Å². The first kappa shape index (κ1) is 18.6. The fraction of sp³-hybridized carbons (Fsp3) is 0.292. The first-order valence-corrected chi connectivity index (χ1v) is 10.5. The first-order chi connectivity index (χ1) is 14.7. The number of fused-ring (bicyclic) bond motifs is 1. The maximum absolute atomic E-state index is 11.1. The van der Waals surface area contributed by atoms with Gasteiger partial charge in [0.05, 0.1) is 5.69 Å². The Labute approximate surface area is 176 Å². The molecule has 1 aromatic heterocycles. The predicted octanol–water partition coefficient (Wildman–Crippen LogP) is 3.50. The second kappa shape index (κ2) is 7.78. The molecule has 1 unspecified atom stereocenters. The summed E-state index contributed by atoms with van der Waals surface area (Å²) in [6, 6.07) is 21.1. The van der Waals surface area contributed by atoms with Crippen LogP contribution in [0.15, 0.2) is 60.7 Å². The van der Waals surface area contributed by atoms with E-state index in [1.54, 1.807) is 0 Å². The van der Waals surface area contributed by atoms with Crippen molar-refractivity contribution in [2.45, 2.75) is 19.4 Å². The quantitative estimate of drug-likeness (QED) is 0.629. The lowest BCUT2D eigenvalue weighted by atomic mass is 10.1. The number of hydrogen-bond acceptors (Lipinski definition) is 5.